The van der Waals surface area contributed by atoms with Gasteiger partial charge in [0.25, 0.3) is 0 Å². The highest BCUT2D eigenvalue weighted by atomic mass is 31.2. The molecule has 0 aromatic heterocycles. The maximum absolute atomic E-state index is 12.7. The number of hydrogen-bond acceptors (Lipinski definition) is 8. The van der Waals surface area contributed by atoms with Crippen LogP contribution in [0.3, 0.4) is 0 Å². The number of phosphoric acid groups is 1. The smallest absolute Gasteiger partial charge is 0.462 e. The van der Waals surface area contributed by atoms with Gasteiger partial charge >= 0.3 is 19.8 Å². The lowest BCUT2D eigenvalue weighted by molar-refractivity contribution is -0.161. The van der Waals surface area contributed by atoms with Gasteiger partial charge in [0.2, 0.25) is 0 Å². The molecule has 9 nitrogen and oxygen atoms in total. The van der Waals surface area contributed by atoms with Crippen LogP contribution < -0.4 is 5.73 Å². The Balaban J connectivity index is 3.88. The van der Waals surface area contributed by atoms with Crippen LogP contribution in [0.4, 0.5) is 0 Å². The first-order chi connectivity index (χ1) is 36.8. The molecule has 432 valence electrons. The Hall–Kier alpha value is -3.07. The topological polar surface area (TPSA) is 134 Å². The van der Waals surface area contributed by atoms with Crippen LogP contribution in [0.25, 0.3) is 0 Å². The van der Waals surface area contributed by atoms with Gasteiger partial charge in [0.1, 0.15) is 6.61 Å². The molecule has 0 aliphatic heterocycles. The third-order valence-electron chi connectivity index (χ3n) is 13.0. The normalized spacial score (nSPS) is 13.7. The van der Waals surface area contributed by atoms with Crippen molar-refractivity contribution in [2.24, 2.45) is 5.73 Å². The van der Waals surface area contributed by atoms with Gasteiger partial charge < -0.3 is 20.1 Å². The second kappa shape index (κ2) is 60.2. The van der Waals surface area contributed by atoms with Crippen LogP contribution in [0.2, 0.25) is 0 Å². The molecule has 0 saturated heterocycles. The Morgan fingerprint density at radius 2 is 0.733 bits per heavy atom. The second-order valence-electron chi connectivity index (χ2n) is 20.2. The van der Waals surface area contributed by atoms with Gasteiger partial charge in [-0.2, -0.15) is 0 Å². The van der Waals surface area contributed by atoms with E-state index in [4.69, 9.17) is 24.3 Å². The van der Waals surface area contributed by atoms with Crippen molar-refractivity contribution >= 4 is 19.8 Å². The maximum Gasteiger partial charge on any atom is 0.472 e. The number of hydrogen-bond donors (Lipinski definition) is 2. The minimum Gasteiger partial charge on any atom is -0.462 e. The van der Waals surface area contributed by atoms with Crippen LogP contribution >= 0.6 is 7.82 Å². The molecule has 0 saturated carbocycles. The molecule has 0 heterocycles. The molecule has 0 aliphatic carbocycles. The fourth-order valence-corrected chi connectivity index (χ4v) is 9.24. The van der Waals surface area contributed by atoms with Crippen LogP contribution in [-0.2, 0) is 32.7 Å². The van der Waals surface area contributed by atoms with Gasteiger partial charge in [-0.1, -0.05) is 278 Å². The third-order valence-corrected chi connectivity index (χ3v) is 14.0. The van der Waals surface area contributed by atoms with E-state index in [1.807, 2.05) is 0 Å². The summed E-state index contributed by atoms with van der Waals surface area (Å²) in [6.45, 7) is 3.65. The predicted octanol–water partition coefficient (Wildman–Crippen LogP) is 19.6. The molecule has 10 heteroatoms. The summed E-state index contributed by atoms with van der Waals surface area (Å²) < 4.78 is 33.0. The zero-order valence-electron chi connectivity index (χ0n) is 48.3. The molecule has 0 fully saturated rings. The first-order valence-corrected chi connectivity index (χ1v) is 32.2. The zero-order chi connectivity index (χ0) is 54.5. The lowest BCUT2D eigenvalue weighted by Crippen LogP contribution is -2.29. The Kier molecular flexibility index (Phi) is 57.7. The lowest BCUT2D eigenvalue weighted by Gasteiger charge is -2.19. The highest BCUT2D eigenvalue weighted by molar-refractivity contribution is 7.47. The minimum absolute atomic E-state index is 0.0521. The first-order valence-electron chi connectivity index (χ1n) is 30.7. The summed E-state index contributed by atoms with van der Waals surface area (Å²) in [5.74, 6) is -0.822. The summed E-state index contributed by atoms with van der Waals surface area (Å²) in [6.07, 6.45) is 80.5. The molecule has 2 atom stereocenters. The van der Waals surface area contributed by atoms with Crippen LogP contribution in [0.1, 0.15) is 271 Å². The molecule has 75 heavy (non-hydrogen) atoms. The van der Waals surface area contributed by atoms with Crippen LogP contribution in [0.15, 0.2) is 97.2 Å². The van der Waals surface area contributed by atoms with Crippen molar-refractivity contribution < 1.29 is 37.6 Å². The van der Waals surface area contributed by atoms with Crippen LogP contribution in [-0.4, -0.2) is 49.3 Å². The zero-order valence-corrected chi connectivity index (χ0v) is 49.2. The molecule has 0 bridgehead atoms. The summed E-state index contributed by atoms with van der Waals surface area (Å²) in [4.78, 5) is 35.2. The molecule has 2 unspecified atom stereocenters. The molecule has 0 amide bonds. The Bertz CT molecular complexity index is 1550. The molecule has 0 spiro atoms. The van der Waals surface area contributed by atoms with Gasteiger partial charge in [-0.05, 0) is 77.0 Å². The lowest BCUT2D eigenvalue weighted by atomic mass is 10.0. The van der Waals surface area contributed by atoms with Crippen molar-refractivity contribution in [2.75, 3.05) is 26.4 Å². The van der Waals surface area contributed by atoms with Crippen molar-refractivity contribution in [1.29, 1.82) is 0 Å². The van der Waals surface area contributed by atoms with E-state index >= 15 is 0 Å². The summed E-state index contributed by atoms with van der Waals surface area (Å²) in [5.41, 5.74) is 5.38. The van der Waals surface area contributed by atoms with Gasteiger partial charge in [-0.25, -0.2) is 4.57 Å². The first kappa shape index (κ1) is 71.9. The van der Waals surface area contributed by atoms with Crippen molar-refractivity contribution in [2.45, 2.75) is 277 Å². The van der Waals surface area contributed by atoms with E-state index in [2.05, 4.69) is 111 Å². The van der Waals surface area contributed by atoms with Gasteiger partial charge in [-0.3, -0.25) is 18.6 Å². The predicted molar refractivity (Wildman–Crippen MR) is 321 cm³/mol. The largest absolute Gasteiger partial charge is 0.472 e. The molecule has 0 aromatic rings. The molecular weight excluding hydrogens is 954 g/mol. The maximum atomic E-state index is 12.7. The molecular formula is C65H114NO8P. The fraction of sp³-hybridized carbons (Fsp3) is 0.723. The highest BCUT2D eigenvalue weighted by Gasteiger charge is 2.26. The highest BCUT2D eigenvalue weighted by Crippen LogP contribution is 2.43. The van der Waals surface area contributed by atoms with Crippen molar-refractivity contribution in [3.8, 4) is 0 Å². The van der Waals surface area contributed by atoms with Crippen molar-refractivity contribution in [3.63, 3.8) is 0 Å². The quantitative estimate of drug-likeness (QED) is 0.0264. The SMILES string of the molecule is CC/C=C\C/C=C\C/C=C\C/C=C\C/C=C\C/C=C\C/C=C\C/C=C\CCCCCCCCCCCCCCCCC(=O)OC(COC(=O)CCCCCCCCCCCCCCCCC)COP(=O)(O)OCCN. The monoisotopic (exact) mass is 1070 g/mol. The number of nitrogens with two attached hydrogens (primary N) is 1. The molecule has 0 radical (unpaired) electrons. The van der Waals surface area contributed by atoms with Crippen LogP contribution in [0, 0.1) is 0 Å². The average Bonchev–Trinajstić information content (AvgIpc) is 3.40. The molecule has 0 rings (SSSR count). The van der Waals surface area contributed by atoms with Gasteiger partial charge in [0, 0.05) is 19.4 Å². The summed E-state index contributed by atoms with van der Waals surface area (Å²) >= 11 is 0. The summed E-state index contributed by atoms with van der Waals surface area (Å²) in [7, 11) is -4.39. The number of esters is 2. The summed E-state index contributed by atoms with van der Waals surface area (Å²) in [6, 6.07) is 0. The number of unbranched alkanes of at least 4 members (excludes halogenated alkanes) is 28. The van der Waals surface area contributed by atoms with E-state index in [9.17, 15) is 19.0 Å². The van der Waals surface area contributed by atoms with Crippen molar-refractivity contribution in [3.05, 3.63) is 97.2 Å². The van der Waals surface area contributed by atoms with E-state index in [0.29, 0.717) is 6.42 Å². The standard InChI is InChI=1S/C65H114NO8P/c1-3-5-7-9-11-13-15-17-19-20-21-22-23-24-25-26-27-28-29-30-31-32-33-34-35-36-37-38-39-40-41-42-44-46-48-50-52-54-56-58-65(68)74-63(62-73-75(69,70)72-60-59-66)61-71-64(67)57-55-53-51-49-47-45-43-18-16-14-12-10-8-6-4-2/h5,7,11,13,17,19,21-22,24-25,27-28,30-31,33-34,63H,3-4,6,8-10,12,14-16,18,20,23,26,29,32,35-62,66H2,1-2H3,(H,69,70)/b7-5-,13-11-,19-17-,22-21-,25-24-,28-27-,31-30-,34-33-. The van der Waals surface area contributed by atoms with E-state index in [1.54, 1.807) is 0 Å². The third kappa shape index (κ3) is 60.0. The van der Waals surface area contributed by atoms with E-state index < -0.39 is 26.5 Å². The Morgan fingerprint density at radius 3 is 1.09 bits per heavy atom. The number of carbonyl (C=O) groups excluding carboxylic acids is 2. The number of ether oxygens (including phenoxy) is 2. The van der Waals surface area contributed by atoms with E-state index in [0.717, 1.165) is 89.9 Å². The molecule has 0 aliphatic rings. The average molecular weight is 1070 g/mol. The molecule has 0 aromatic carbocycles. The Morgan fingerprint density at radius 1 is 0.413 bits per heavy atom. The van der Waals surface area contributed by atoms with E-state index in [-0.39, 0.29) is 38.6 Å². The van der Waals surface area contributed by atoms with Gasteiger partial charge in [-0.15, -0.1) is 0 Å². The van der Waals surface area contributed by atoms with Gasteiger partial charge in [0.15, 0.2) is 6.10 Å². The Labute approximate surface area is 461 Å². The second-order valence-corrected chi connectivity index (χ2v) is 21.7. The number of phosphoric ester groups is 1. The van der Waals surface area contributed by atoms with Gasteiger partial charge in [0.05, 0.1) is 13.2 Å². The number of rotatable bonds is 57. The number of allylic oxidation sites excluding steroid dienone is 16. The van der Waals surface area contributed by atoms with Crippen LogP contribution in [0.5, 0.6) is 0 Å². The minimum atomic E-state index is -4.39. The number of carbonyl (C=O) groups is 2. The summed E-state index contributed by atoms with van der Waals surface area (Å²) in [5, 5.41) is 0. The van der Waals surface area contributed by atoms with Crippen molar-refractivity contribution in [1.82, 2.24) is 0 Å². The van der Waals surface area contributed by atoms with E-state index in [1.165, 1.54) is 148 Å². The molecule has 3 N–H and O–H groups in total. The fourth-order valence-electron chi connectivity index (χ4n) is 8.48.